The summed E-state index contributed by atoms with van der Waals surface area (Å²) in [5.74, 6) is -0.296. The van der Waals surface area contributed by atoms with Gasteiger partial charge in [0.2, 0.25) is 15.9 Å². The smallest absolute Gasteiger partial charge is 0.241 e. The molecule has 0 aromatic heterocycles. The van der Waals surface area contributed by atoms with Crippen molar-refractivity contribution in [3.63, 3.8) is 0 Å². The van der Waals surface area contributed by atoms with Crippen molar-refractivity contribution in [2.75, 3.05) is 13.1 Å². The molecule has 1 aliphatic rings. The minimum Gasteiger partial charge on any atom is -0.355 e. The molecule has 22 heavy (non-hydrogen) atoms. The number of hydrogen-bond acceptors (Lipinski definition) is 3. The SMILES string of the molecule is CCCCNC(=O)CNS(=O)(=O)c1ccc2c(c1)CCCC2. The van der Waals surface area contributed by atoms with Crippen LogP contribution in [0.15, 0.2) is 23.1 Å². The molecule has 5 nitrogen and oxygen atoms in total. The number of carbonyl (C=O) groups is 1. The quantitative estimate of drug-likeness (QED) is 0.751. The summed E-state index contributed by atoms with van der Waals surface area (Å²) < 4.78 is 26.9. The van der Waals surface area contributed by atoms with E-state index in [4.69, 9.17) is 0 Å². The van der Waals surface area contributed by atoms with Crippen LogP contribution in [0.2, 0.25) is 0 Å². The first kappa shape index (κ1) is 17.0. The average Bonchev–Trinajstić information content (AvgIpc) is 2.53. The molecule has 0 fully saturated rings. The lowest BCUT2D eigenvalue weighted by Gasteiger charge is -2.16. The molecule has 0 radical (unpaired) electrons. The molecule has 1 aliphatic carbocycles. The highest BCUT2D eigenvalue weighted by Gasteiger charge is 2.18. The van der Waals surface area contributed by atoms with Crippen molar-refractivity contribution >= 4 is 15.9 Å². The Balaban J connectivity index is 1.97. The summed E-state index contributed by atoms with van der Waals surface area (Å²) in [7, 11) is -3.63. The van der Waals surface area contributed by atoms with E-state index >= 15 is 0 Å². The van der Waals surface area contributed by atoms with Crippen LogP contribution in [0.25, 0.3) is 0 Å². The Labute approximate surface area is 132 Å². The van der Waals surface area contributed by atoms with E-state index in [9.17, 15) is 13.2 Å². The van der Waals surface area contributed by atoms with Crippen molar-refractivity contribution in [1.29, 1.82) is 0 Å². The van der Waals surface area contributed by atoms with Crippen molar-refractivity contribution in [2.24, 2.45) is 0 Å². The summed E-state index contributed by atoms with van der Waals surface area (Å²) in [6.45, 7) is 2.39. The zero-order valence-corrected chi connectivity index (χ0v) is 13.8. The molecule has 0 saturated carbocycles. The number of unbranched alkanes of at least 4 members (excludes halogenated alkanes) is 1. The van der Waals surface area contributed by atoms with Crippen LogP contribution in [0, 0.1) is 0 Å². The van der Waals surface area contributed by atoms with Gasteiger partial charge >= 0.3 is 0 Å². The molecule has 2 rings (SSSR count). The summed E-state index contributed by atoms with van der Waals surface area (Å²) in [5.41, 5.74) is 2.35. The number of hydrogen-bond donors (Lipinski definition) is 2. The van der Waals surface area contributed by atoms with Crippen molar-refractivity contribution in [2.45, 2.75) is 50.3 Å². The molecular formula is C16H24N2O3S. The molecule has 0 unspecified atom stereocenters. The molecule has 0 heterocycles. The number of carbonyl (C=O) groups excluding carboxylic acids is 1. The maximum Gasteiger partial charge on any atom is 0.241 e. The fourth-order valence-corrected chi connectivity index (χ4v) is 3.62. The van der Waals surface area contributed by atoms with Gasteiger partial charge < -0.3 is 5.32 Å². The molecule has 1 aromatic carbocycles. The molecule has 0 bridgehead atoms. The van der Waals surface area contributed by atoms with Gasteiger partial charge in [0.25, 0.3) is 0 Å². The van der Waals surface area contributed by atoms with Crippen LogP contribution >= 0.6 is 0 Å². The molecule has 1 aromatic rings. The third-order valence-electron chi connectivity index (χ3n) is 3.91. The van der Waals surface area contributed by atoms with Crippen LogP contribution in [0.5, 0.6) is 0 Å². The largest absolute Gasteiger partial charge is 0.355 e. The Morgan fingerprint density at radius 1 is 1.18 bits per heavy atom. The lowest BCUT2D eigenvalue weighted by atomic mass is 9.92. The highest BCUT2D eigenvalue weighted by atomic mass is 32.2. The van der Waals surface area contributed by atoms with Crippen molar-refractivity contribution in [3.8, 4) is 0 Å². The monoisotopic (exact) mass is 324 g/mol. The molecule has 122 valence electrons. The number of aryl methyl sites for hydroxylation is 2. The predicted octanol–water partition coefficient (Wildman–Crippen LogP) is 1.76. The Kier molecular flexibility index (Phi) is 5.97. The maximum atomic E-state index is 12.3. The van der Waals surface area contributed by atoms with E-state index in [-0.39, 0.29) is 17.3 Å². The van der Waals surface area contributed by atoms with E-state index in [1.165, 1.54) is 5.56 Å². The number of amides is 1. The molecule has 1 amide bonds. The number of nitrogens with one attached hydrogen (secondary N) is 2. The molecule has 0 spiro atoms. The van der Waals surface area contributed by atoms with Crippen LogP contribution in [0.1, 0.15) is 43.7 Å². The van der Waals surface area contributed by atoms with E-state index in [1.807, 2.05) is 13.0 Å². The van der Waals surface area contributed by atoms with Crippen molar-refractivity contribution in [1.82, 2.24) is 10.0 Å². The van der Waals surface area contributed by atoms with Gasteiger partial charge in [0.15, 0.2) is 0 Å². The highest BCUT2D eigenvalue weighted by Crippen LogP contribution is 2.23. The average molecular weight is 324 g/mol. The Morgan fingerprint density at radius 3 is 2.64 bits per heavy atom. The van der Waals surface area contributed by atoms with Gasteiger partial charge in [-0.1, -0.05) is 19.4 Å². The van der Waals surface area contributed by atoms with E-state index in [0.29, 0.717) is 6.54 Å². The van der Waals surface area contributed by atoms with E-state index in [2.05, 4.69) is 10.0 Å². The normalized spacial score (nSPS) is 14.4. The van der Waals surface area contributed by atoms with Gasteiger partial charge in [-0.05, 0) is 55.4 Å². The van der Waals surface area contributed by atoms with Crippen molar-refractivity contribution < 1.29 is 13.2 Å². The predicted molar refractivity (Wildman–Crippen MR) is 86.2 cm³/mol. The number of rotatable bonds is 7. The van der Waals surface area contributed by atoms with Crippen molar-refractivity contribution in [3.05, 3.63) is 29.3 Å². The standard InChI is InChI=1S/C16H24N2O3S/c1-2-3-10-17-16(19)12-18-22(20,21)15-9-8-13-6-4-5-7-14(13)11-15/h8-9,11,18H,2-7,10,12H2,1H3,(H,17,19). The summed E-state index contributed by atoms with van der Waals surface area (Å²) in [6.07, 6.45) is 6.09. The van der Waals surface area contributed by atoms with E-state index in [1.54, 1.807) is 12.1 Å². The summed E-state index contributed by atoms with van der Waals surface area (Å²) in [4.78, 5) is 11.8. The van der Waals surface area contributed by atoms with Gasteiger partial charge in [-0.15, -0.1) is 0 Å². The third kappa shape index (κ3) is 4.55. The lowest BCUT2D eigenvalue weighted by molar-refractivity contribution is -0.119. The van der Waals surface area contributed by atoms with Crippen LogP contribution < -0.4 is 10.0 Å². The summed E-state index contributed by atoms with van der Waals surface area (Å²) in [5, 5.41) is 2.69. The van der Waals surface area contributed by atoms with Gasteiger partial charge in [0, 0.05) is 6.54 Å². The minimum absolute atomic E-state index is 0.219. The van der Waals surface area contributed by atoms with Gasteiger partial charge in [-0.25, -0.2) is 13.1 Å². The zero-order valence-electron chi connectivity index (χ0n) is 13.0. The molecule has 2 N–H and O–H groups in total. The first-order chi connectivity index (χ1) is 10.5. The first-order valence-corrected chi connectivity index (χ1v) is 9.39. The molecule has 0 saturated heterocycles. The summed E-state index contributed by atoms with van der Waals surface area (Å²) in [6, 6.07) is 5.26. The van der Waals surface area contributed by atoms with Gasteiger partial charge in [0.1, 0.15) is 0 Å². The van der Waals surface area contributed by atoms with Gasteiger partial charge in [-0.3, -0.25) is 4.79 Å². The maximum absolute atomic E-state index is 12.3. The Hall–Kier alpha value is -1.40. The van der Waals surface area contributed by atoms with Crippen LogP contribution in [0.4, 0.5) is 0 Å². The first-order valence-electron chi connectivity index (χ1n) is 7.91. The molecule has 0 atom stereocenters. The van der Waals surface area contributed by atoms with E-state index < -0.39 is 10.0 Å². The van der Waals surface area contributed by atoms with Crippen LogP contribution in [-0.2, 0) is 27.7 Å². The van der Waals surface area contributed by atoms with Gasteiger partial charge in [0.05, 0.1) is 11.4 Å². The second-order valence-electron chi connectivity index (χ2n) is 5.67. The second-order valence-corrected chi connectivity index (χ2v) is 7.43. The molecule has 0 aliphatic heterocycles. The lowest BCUT2D eigenvalue weighted by Crippen LogP contribution is -2.37. The fourth-order valence-electron chi connectivity index (χ4n) is 2.59. The number of sulfonamides is 1. The zero-order chi connectivity index (χ0) is 16.0. The van der Waals surface area contributed by atoms with Crippen LogP contribution in [-0.4, -0.2) is 27.4 Å². The Bertz CT molecular complexity index is 626. The third-order valence-corrected chi connectivity index (χ3v) is 5.30. The molecular weight excluding hydrogens is 300 g/mol. The fraction of sp³-hybridized carbons (Fsp3) is 0.562. The number of benzene rings is 1. The molecule has 6 heteroatoms. The van der Waals surface area contributed by atoms with Crippen LogP contribution in [0.3, 0.4) is 0 Å². The van der Waals surface area contributed by atoms with E-state index in [0.717, 1.165) is 44.1 Å². The second kappa shape index (κ2) is 7.74. The summed E-state index contributed by atoms with van der Waals surface area (Å²) >= 11 is 0. The van der Waals surface area contributed by atoms with Gasteiger partial charge in [-0.2, -0.15) is 0 Å². The highest BCUT2D eigenvalue weighted by molar-refractivity contribution is 7.89. The number of fused-ring (bicyclic) bond motifs is 1. The Morgan fingerprint density at radius 2 is 1.91 bits per heavy atom. The minimum atomic E-state index is -3.63. The topological polar surface area (TPSA) is 75.3 Å².